The maximum Gasteiger partial charge on any atom is 0.142 e. The van der Waals surface area contributed by atoms with Crippen LogP contribution < -0.4 is 0 Å². The van der Waals surface area contributed by atoms with Crippen molar-refractivity contribution in [1.82, 2.24) is 0 Å². The predicted molar refractivity (Wildman–Crippen MR) is 168 cm³/mol. The summed E-state index contributed by atoms with van der Waals surface area (Å²) in [5.41, 5.74) is 4.12. The summed E-state index contributed by atoms with van der Waals surface area (Å²) in [7, 11) is 0. The molecule has 0 N–H and O–H groups in total. The number of quaternary nitrogens is 2. The molecule has 0 unspecified atom stereocenters. The lowest BCUT2D eigenvalue weighted by molar-refractivity contribution is -0.922. The minimum Gasteiger partial charge on any atom is -0.370 e. The van der Waals surface area contributed by atoms with E-state index in [4.69, 9.17) is 9.47 Å². The van der Waals surface area contributed by atoms with Crippen LogP contribution in [0.2, 0.25) is 0 Å². The van der Waals surface area contributed by atoms with E-state index in [0.717, 1.165) is 110 Å². The minimum atomic E-state index is 0.759. The lowest BCUT2D eigenvalue weighted by Gasteiger charge is -2.38. The Hall–Kier alpha value is -4.26. The van der Waals surface area contributed by atoms with Crippen LogP contribution in [0, 0.1) is 47.4 Å². The molecule has 2 heterocycles. The summed E-state index contributed by atoms with van der Waals surface area (Å²) in [5.74, 6) is 27.0. The molecule has 0 saturated carbocycles. The van der Waals surface area contributed by atoms with Crippen molar-refractivity contribution < 1.29 is 18.4 Å². The average molecular weight is 555 g/mol. The fraction of sp³-hybridized carbons (Fsp3) is 0.316. The maximum atomic E-state index is 5.64. The van der Waals surface area contributed by atoms with Crippen LogP contribution in [0.5, 0.6) is 0 Å². The van der Waals surface area contributed by atoms with Gasteiger partial charge in [0.2, 0.25) is 0 Å². The first-order valence-corrected chi connectivity index (χ1v) is 14.7. The third-order valence-electron chi connectivity index (χ3n) is 7.86. The molecule has 210 valence electrons. The number of benzene rings is 3. The minimum absolute atomic E-state index is 0.759. The van der Waals surface area contributed by atoms with E-state index in [9.17, 15) is 0 Å². The zero-order valence-electron chi connectivity index (χ0n) is 24.3. The summed E-state index contributed by atoms with van der Waals surface area (Å²) in [6.45, 7) is 9.90. The van der Waals surface area contributed by atoms with Crippen molar-refractivity contribution in [2.75, 3.05) is 78.8 Å². The first-order chi connectivity index (χ1) is 20.7. The van der Waals surface area contributed by atoms with E-state index in [0.29, 0.717) is 0 Å². The van der Waals surface area contributed by atoms with Gasteiger partial charge in [-0.05, 0) is 72.2 Å². The van der Waals surface area contributed by atoms with Gasteiger partial charge in [0.25, 0.3) is 0 Å². The molecule has 0 bridgehead atoms. The smallest absolute Gasteiger partial charge is 0.142 e. The van der Waals surface area contributed by atoms with Gasteiger partial charge in [0.05, 0.1) is 26.4 Å². The van der Waals surface area contributed by atoms with Crippen LogP contribution >= 0.6 is 0 Å². The molecule has 4 heteroatoms. The SMILES string of the molecule is C(#Cc1ccccc1)C[N+]1(CC#Cc2ccc(C#CC[N+]3(CC#Cc4ccccc4)CCOCC3)cc2)CCOCC1. The molecule has 2 fully saturated rings. The summed E-state index contributed by atoms with van der Waals surface area (Å²) in [4.78, 5) is 0. The van der Waals surface area contributed by atoms with Crippen molar-refractivity contribution in [3.8, 4) is 47.4 Å². The quantitative estimate of drug-likeness (QED) is 0.356. The highest BCUT2D eigenvalue weighted by Gasteiger charge is 2.29. The van der Waals surface area contributed by atoms with Crippen molar-refractivity contribution in [3.05, 3.63) is 107 Å². The lowest BCUT2D eigenvalue weighted by atomic mass is 10.1. The van der Waals surface area contributed by atoms with Crippen LogP contribution in [0.4, 0.5) is 0 Å². The van der Waals surface area contributed by atoms with E-state index in [-0.39, 0.29) is 0 Å². The van der Waals surface area contributed by atoms with Gasteiger partial charge in [-0.15, -0.1) is 0 Å². The van der Waals surface area contributed by atoms with Gasteiger partial charge in [-0.25, -0.2) is 0 Å². The molecule has 0 aromatic heterocycles. The van der Waals surface area contributed by atoms with Crippen molar-refractivity contribution in [1.29, 1.82) is 0 Å². The number of nitrogens with zero attached hydrogens (tertiary/aromatic N) is 2. The zero-order chi connectivity index (χ0) is 28.8. The third kappa shape index (κ3) is 8.87. The summed E-state index contributed by atoms with van der Waals surface area (Å²) < 4.78 is 13.0. The van der Waals surface area contributed by atoms with E-state index >= 15 is 0 Å². The van der Waals surface area contributed by atoms with E-state index in [1.54, 1.807) is 0 Å². The molecule has 0 amide bonds. The fourth-order valence-corrected chi connectivity index (χ4v) is 5.12. The molecule has 4 nitrogen and oxygen atoms in total. The van der Waals surface area contributed by atoms with Crippen LogP contribution in [0.3, 0.4) is 0 Å². The van der Waals surface area contributed by atoms with Crippen molar-refractivity contribution in [2.45, 2.75) is 0 Å². The van der Waals surface area contributed by atoms with Crippen LogP contribution in [-0.2, 0) is 9.47 Å². The Kier molecular flexibility index (Phi) is 10.5. The van der Waals surface area contributed by atoms with Crippen LogP contribution in [0.1, 0.15) is 22.3 Å². The number of hydrogen-bond acceptors (Lipinski definition) is 2. The Morgan fingerprint density at radius 2 is 0.690 bits per heavy atom. The van der Waals surface area contributed by atoms with Gasteiger partial charge in [0.15, 0.2) is 0 Å². The second-order valence-corrected chi connectivity index (χ2v) is 11.0. The summed E-state index contributed by atoms with van der Waals surface area (Å²) in [6, 6.07) is 28.6. The van der Waals surface area contributed by atoms with Crippen LogP contribution in [0.25, 0.3) is 0 Å². The molecule has 0 aliphatic carbocycles. The van der Waals surface area contributed by atoms with E-state index < -0.39 is 0 Å². The molecule has 3 aromatic rings. The highest BCUT2D eigenvalue weighted by Crippen LogP contribution is 2.12. The van der Waals surface area contributed by atoms with Gasteiger partial charge < -0.3 is 9.47 Å². The largest absolute Gasteiger partial charge is 0.370 e. The Morgan fingerprint density at radius 1 is 0.405 bits per heavy atom. The van der Waals surface area contributed by atoms with Crippen LogP contribution in [0.15, 0.2) is 84.9 Å². The van der Waals surface area contributed by atoms with E-state index in [1.807, 2.05) is 36.4 Å². The molecule has 3 aromatic carbocycles. The lowest BCUT2D eigenvalue weighted by Crippen LogP contribution is -2.55. The molecule has 0 radical (unpaired) electrons. The van der Waals surface area contributed by atoms with Crippen molar-refractivity contribution in [2.24, 2.45) is 0 Å². The second-order valence-electron chi connectivity index (χ2n) is 11.0. The summed E-state index contributed by atoms with van der Waals surface area (Å²) in [5, 5.41) is 0. The number of rotatable bonds is 4. The van der Waals surface area contributed by atoms with Gasteiger partial charge in [0.1, 0.15) is 52.4 Å². The van der Waals surface area contributed by atoms with Crippen LogP contribution in [-0.4, -0.2) is 87.8 Å². The molecule has 2 saturated heterocycles. The van der Waals surface area contributed by atoms with Crippen molar-refractivity contribution >= 4 is 0 Å². The first-order valence-electron chi connectivity index (χ1n) is 14.7. The van der Waals surface area contributed by atoms with Gasteiger partial charge >= 0.3 is 0 Å². The van der Waals surface area contributed by atoms with E-state index in [2.05, 4.69) is 95.9 Å². The molecular weight excluding hydrogens is 516 g/mol. The highest BCUT2D eigenvalue weighted by atomic mass is 16.5. The number of morpholine rings is 2. The summed E-state index contributed by atoms with van der Waals surface area (Å²) in [6.07, 6.45) is 0. The first kappa shape index (κ1) is 29.2. The van der Waals surface area contributed by atoms with Gasteiger partial charge in [-0.2, -0.15) is 0 Å². The molecule has 2 aliphatic heterocycles. The predicted octanol–water partition coefficient (Wildman–Crippen LogP) is 4.19. The fourth-order valence-electron chi connectivity index (χ4n) is 5.12. The molecular formula is C38H38N2O2+2. The van der Waals surface area contributed by atoms with Gasteiger partial charge in [-0.3, -0.25) is 8.97 Å². The summed E-state index contributed by atoms with van der Waals surface area (Å²) >= 11 is 0. The Balaban J connectivity index is 1.18. The standard InChI is InChI=1S/C38H38N2O2/c1-3-11-35(12-4-1)15-7-23-39(27-31-41-32-28-39)25-9-17-37-19-21-38(22-20-37)18-10-26-40(29-33-42-34-30-40)24-8-16-36-13-5-2-6-14-36/h1-6,11-14,19-22H,23-34H2/q+2. The number of ether oxygens (including phenoxy) is 2. The molecule has 5 rings (SSSR count). The average Bonchev–Trinajstić information content (AvgIpc) is 3.04. The normalized spacial score (nSPS) is 16.6. The second kappa shape index (κ2) is 15.1. The molecule has 0 spiro atoms. The van der Waals surface area contributed by atoms with Gasteiger partial charge in [0, 0.05) is 22.3 Å². The van der Waals surface area contributed by atoms with Crippen molar-refractivity contribution in [3.63, 3.8) is 0 Å². The Morgan fingerprint density at radius 3 is 1.00 bits per heavy atom. The molecule has 2 aliphatic rings. The van der Waals surface area contributed by atoms with E-state index in [1.165, 1.54) is 0 Å². The Labute approximate surface area is 251 Å². The highest BCUT2D eigenvalue weighted by molar-refractivity contribution is 5.42. The zero-order valence-corrected chi connectivity index (χ0v) is 24.3. The monoisotopic (exact) mass is 554 g/mol. The van der Waals surface area contributed by atoms with Gasteiger partial charge in [-0.1, -0.05) is 60.1 Å². The maximum absolute atomic E-state index is 5.64. The third-order valence-corrected chi connectivity index (χ3v) is 7.86. The molecule has 42 heavy (non-hydrogen) atoms. The topological polar surface area (TPSA) is 18.5 Å². The number of hydrogen-bond donors (Lipinski definition) is 0. The Bertz CT molecular complexity index is 1420. The molecule has 0 atom stereocenters.